The Balaban J connectivity index is 2.80. The number of aryl methyl sites for hydroxylation is 1. The average Bonchev–Trinajstić information content (AvgIpc) is 2.17. The molecule has 0 aliphatic heterocycles. The van der Waals surface area contributed by atoms with Gasteiger partial charge in [-0.1, -0.05) is 5.92 Å². The first-order valence-corrected chi connectivity index (χ1v) is 4.49. The highest BCUT2D eigenvalue weighted by atomic mass is 16.4. The minimum Gasteiger partial charge on any atom is -0.478 e. The van der Waals surface area contributed by atoms with Crippen molar-refractivity contribution < 1.29 is 9.90 Å². The average molecular weight is 204 g/mol. The van der Waals surface area contributed by atoms with Crippen molar-refractivity contribution in [1.82, 2.24) is 4.98 Å². The second-order valence-electron chi connectivity index (χ2n) is 2.91. The molecule has 0 amide bonds. The number of nitrogens with one attached hydrogen (secondary N) is 1. The van der Waals surface area contributed by atoms with Gasteiger partial charge in [-0.2, -0.15) is 0 Å². The molecule has 1 heterocycles. The van der Waals surface area contributed by atoms with E-state index in [-0.39, 0.29) is 5.56 Å². The normalized spacial score (nSPS) is 8.93. The van der Waals surface area contributed by atoms with Crippen LogP contribution in [0.1, 0.15) is 23.0 Å². The Morgan fingerprint density at radius 2 is 2.33 bits per heavy atom. The summed E-state index contributed by atoms with van der Waals surface area (Å²) in [5.74, 6) is 5.26. The molecule has 15 heavy (non-hydrogen) atoms. The van der Waals surface area contributed by atoms with E-state index < -0.39 is 5.97 Å². The number of pyridine rings is 1. The Labute approximate surface area is 88.3 Å². The van der Waals surface area contributed by atoms with Gasteiger partial charge in [-0.05, 0) is 26.0 Å². The van der Waals surface area contributed by atoms with Crippen molar-refractivity contribution in [2.45, 2.75) is 13.8 Å². The largest absolute Gasteiger partial charge is 0.478 e. The lowest BCUT2D eigenvalue weighted by Gasteiger charge is -2.04. The molecule has 0 atom stereocenters. The van der Waals surface area contributed by atoms with Crippen molar-refractivity contribution >= 4 is 11.8 Å². The van der Waals surface area contributed by atoms with Gasteiger partial charge in [-0.15, -0.1) is 5.92 Å². The molecule has 1 rings (SSSR count). The van der Waals surface area contributed by atoms with E-state index in [0.29, 0.717) is 18.1 Å². The number of carboxylic acid groups (broad SMARTS) is 1. The molecule has 0 spiro atoms. The van der Waals surface area contributed by atoms with Crippen LogP contribution in [-0.4, -0.2) is 22.6 Å². The van der Waals surface area contributed by atoms with Crippen LogP contribution in [0.3, 0.4) is 0 Å². The van der Waals surface area contributed by atoms with Gasteiger partial charge in [0.05, 0.1) is 17.8 Å². The number of hydrogen-bond acceptors (Lipinski definition) is 3. The molecule has 0 fully saturated rings. The van der Waals surface area contributed by atoms with Gasteiger partial charge in [0.25, 0.3) is 0 Å². The van der Waals surface area contributed by atoms with Gasteiger partial charge in [0, 0.05) is 0 Å². The summed E-state index contributed by atoms with van der Waals surface area (Å²) >= 11 is 0. The lowest BCUT2D eigenvalue weighted by atomic mass is 10.2. The predicted molar refractivity (Wildman–Crippen MR) is 57.9 cm³/mol. The van der Waals surface area contributed by atoms with E-state index in [0.717, 1.165) is 0 Å². The lowest BCUT2D eigenvalue weighted by Crippen LogP contribution is -2.06. The number of aromatic nitrogens is 1. The molecule has 0 aliphatic carbocycles. The minimum atomic E-state index is -0.958. The fraction of sp³-hybridized carbons (Fsp3) is 0.273. The highest BCUT2D eigenvalue weighted by Gasteiger charge is 2.07. The molecular weight excluding hydrogens is 192 g/mol. The van der Waals surface area contributed by atoms with Crippen LogP contribution >= 0.6 is 0 Å². The van der Waals surface area contributed by atoms with Crippen molar-refractivity contribution in [2.24, 2.45) is 0 Å². The predicted octanol–water partition coefficient (Wildman–Crippen LogP) is 1.52. The van der Waals surface area contributed by atoms with E-state index in [1.54, 1.807) is 19.9 Å². The summed E-state index contributed by atoms with van der Waals surface area (Å²) in [6.07, 6.45) is 0. The number of nitrogens with zero attached hydrogens (tertiary/aromatic N) is 1. The van der Waals surface area contributed by atoms with Crippen LogP contribution < -0.4 is 5.32 Å². The standard InChI is InChI=1S/C11H12N2O2/c1-3-4-7-12-10-6-5-9(11(14)15)8(2)13-10/h5-6H,7H2,1-2H3,(H,12,13)(H,14,15). The number of hydrogen-bond donors (Lipinski definition) is 2. The number of rotatable bonds is 3. The maximum atomic E-state index is 10.7. The van der Waals surface area contributed by atoms with E-state index in [1.807, 2.05) is 0 Å². The Morgan fingerprint density at radius 3 is 2.87 bits per heavy atom. The summed E-state index contributed by atoms with van der Waals surface area (Å²) in [4.78, 5) is 14.8. The fourth-order valence-electron chi connectivity index (χ4n) is 1.11. The van der Waals surface area contributed by atoms with Crippen LogP contribution in [0.15, 0.2) is 12.1 Å². The molecule has 0 aromatic carbocycles. The molecule has 0 saturated carbocycles. The van der Waals surface area contributed by atoms with Gasteiger partial charge in [-0.3, -0.25) is 0 Å². The molecule has 0 aliphatic rings. The van der Waals surface area contributed by atoms with Crippen molar-refractivity contribution in [1.29, 1.82) is 0 Å². The number of anilines is 1. The molecule has 78 valence electrons. The summed E-state index contributed by atoms with van der Waals surface area (Å²) in [6.45, 7) is 3.93. The molecule has 0 radical (unpaired) electrons. The molecule has 1 aromatic heterocycles. The Hall–Kier alpha value is -2.02. The van der Waals surface area contributed by atoms with Crippen molar-refractivity contribution in [3.63, 3.8) is 0 Å². The fourth-order valence-corrected chi connectivity index (χ4v) is 1.11. The summed E-state index contributed by atoms with van der Waals surface area (Å²) in [6, 6.07) is 3.17. The second kappa shape index (κ2) is 5.01. The van der Waals surface area contributed by atoms with E-state index in [9.17, 15) is 4.79 Å². The van der Waals surface area contributed by atoms with Crippen LogP contribution in [0.5, 0.6) is 0 Å². The molecule has 4 nitrogen and oxygen atoms in total. The third-order valence-corrected chi connectivity index (χ3v) is 1.85. The molecule has 0 saturated heterocycles. The monoisotopic (exact) mass is 204 g/mol. The molecule has 1 aromatic rings. The molecule has 2 N–H and O–H groups in total. The van der Waals surface area contributed by atoms with Crippen LogP contribution in [0.2, 0.25) is 0 Å². The van der Waals surface area contributed by atoms with Gasteiger partial charge in [-0.25, -0.2) is 9.78 Å². The summed E-state index contributed by atoms with van der Waals surface area (Å²) in [7, 11) is 0. The first-order chi connectivity index (χ1) is 7.15. The molecule has 0 unspecified atom stereocenters. The number of carboxylic acids is 1. The quantitative estimate of drug-likeness (QED) is 0.733. The van der Waals surface area contributed by atoms with Gasteiger partial charge >= 0.3 is 5.97 Å². The van der Waals surface area contributed by atoms with Gasteiger partial charge < -0.3 is 10.4 Å². The Kier molecular flexibility index (Phi) is 3.69. The van der Waals surface area contributed by atoms with Crippen LogP contribution in [0.25, 0.3) is 0 Å². The van der Waals surface area contributed by atoms with Crippen LogP contribution in [-0.2, 0) is 0 Å². The van der Waals surface area contributed by atoms with Crippen molar-refractivity contribution in [3.05, 3.63) is 23.4 Å². The topological polar surface area (TPSA) is 62.2 Å². The highest BCUT2D eigenvalue weighted by molar-refractivity contribution is 5.89. The minimum absolute atomic E-state index is 0.224. The molecule has 0 bridgehead atoms. The number of aromatic carboxylic acids is 1. The smallest absolute Gasteiger partial charge is 0.337 e. The van der Waals surface area contributed by atoms with E-state index in [1.165, 1.54) is 6.07 Å². The second-order valence-corrected chi connectivity index (χ2v) is 2.91. The SMILES string of the molecule is CC#CCNc1ccc(C(=O)O)c(C)n1. The number of carbonyl (C=O) groups is 1. The van der Waals surface area contributed by atoms with Gasteiger partial charge in [0.2, 0.25) is 0 Å². The Morgan fingerprint density at radius 1 is 1.60 bits per heavy atom. The Bertz CT molecular complexity index is 430. The summed E-state index contributed by atoms with van der Waals surface area (Å²) in [5.41, 5.74) is 0.721. The van der Waals surface area contributed by atoms with Gasteiger partial charge in [0.15, 0.2) is 0 Å². The van der Waals surface area contributed by atoms with Crippen molar-refractivity contribution in [3.8, 4) is 11.8 Å². The summed E-state index contributed by atoms with van der Waals surface area (Å²) in [5, 5.41) is 11.8. The van der Waals surface area contributed by atoms with Crippen LogP contribution in [0.4, 0.5) is 5.82 Å². The zero-order valence-corrected chi connectivity index (χ0v) is 8.66. The van der Waals surface area contributed by atoms with Crippen molar-refractivity contribution in [2.75, 3.05) is 11.9 Å². The lowest BCUT2D eigenvalue weighted by molar-refractivity contribution is 0.0695. The van der Waals surface area contributed by atoms with E-state index >= 15 is 0 Å². The third-order valence-electron chi connectivity index (χ3n) is 1.85. The van der Waals surface area contributed by atoms with Gasteiger partial charge in [0.1, 0.15) is 5.82 Å². The first-order valence-electron chi connectivity index (χ1n) is 4.49. The van der Waals surface area contributed by atoms with Crippen LogP contribution in [0, 0.1) is 18.8 Å². The zero-order valence-electron chi connectivity index (χ0n) is 8.66. The zero-order chi connectivity index (χ0) is 11.3. The first kappa shape index (κ1) is 11.1. The van der Waals surface area contributed by atoms with E-state index in [2.05, 4.69) is 22.1 Å². The maximum absolute atomic E-state index is 10.7. The third kappa shape index (κ3) is 2.99. The maximum Gasteiger partial charge on any atom is 0.337 e. The van der Waals surface area contributed by atoms with E-state index in [4.69, 9.17) is 5.11 Å². The summed E-state index contributed by atoms with van der Waals surface area (Å²) < 4.78 is 0. The molecule has 4 heteroatoms. The molecular formula is C11H12N2O2. The highest BCUT2D eigenvalue weighted by Crippen LogP contribution is 2.09.